The Kier molecular flexibility index (Phi) is 6.32. The van der Waals surface area contributed by atoms with Gasteiger partial charge in [0, 0.05) is 15.7 Å². The summed E-state index contributed by atoms with van der Waals surface area (Å²) in [7, 11) is 0. The third kappa shape index (κ3) is 4.20. The van der Waals surface area contributed by atoms with E-state index >= 15 is 0 Å². The van der Waals surface area contributed by atoms with E-state index in [-0.39, 0.29) is 5.56 Å². The lowest BCUT2D eigenvalue weighted by Crippen LogP contribution is -2.21. The number of nitrogens with zero attached hydrogens (tertiary/aromatic N) is 2. The number of aryl methyl sites for hydroxylation is 3. The molecule has 4 aromatic rings. The molecule has 0 saturated heterocycles. The van der Waals surface area contributed by atoms with Crippen LogP contribution in [0.15, 0.2) is 58.5 Å². The summed E-state index contributed by atoms with van der Waals surface area (Å²) in [5.41, 5.74) is 4.28. The summed E-state index contributed by atoms with van der Waals surface area (Å²) in [5.74, 6) is 0.749. The standard InChI is InChI=1S/C24H23ClN2OS2/c1-4-6-20-16(3)21-22(30-20)26-24(29-14-17-8-5-7-15(2)13-17)27(23(21)28)19-11-9-18(25)10-12-19/h5,7-13H,4,6,14H2,1-3H3. The molecule has 30 heavy (non-hydrogen) atoms. The third-order valence-electron chi connectivity index (χ3n) is 5.04. The van der Waals surface area contributed by atoms with E-state index in [1.54, 1.807) is 27.7 Å². The van der Waals surface area contributed by atoms with Crippen LogP contribution in [0, 0.1) is 13.8 Å². The fraction of sp³-hybridized carbons (Fsp3) is 0.250. The lowest BCUT2D eigenvalue weighted by molar-refractivity contribution is 0.821. The Morgan fingerprint density at radius 2 is 1.90 bits per heavy atom. The molecule has 4 rings (SSSR count). The number of thiophene rings is 1. The lowest BCUT2D eigenvalue weighted by Gasteiger charge is -2.12. The Morgan fingerprint density at radius 3 is 2.60 bits per heavy atom. The van der Waals surface area contributed by atoms with Crippen molar-refractivity contribution in [3.05, 3.63) is 85.5 Å². The molecular formula is C24H23ClN2OS2. The number of benzene rings is 2. The van der Waals surface area contributed by atoms with Crippen molar-refractivity contribution in [3.8, 4) is 5.69 Å². The summed E-state index contributed by atoms with van der Waals surface area (Å²) in [6.45, 7) is 6.29. The van der Waals surface area contributed by atoms with Gasteiger partial charge in [-0.3, -0.25) is 9.36 Å². The molecule has 0 fully saturated rings. The fourth-order valence-electron chi connectivity index (χ4n) is 3.54. The Morgan fingerprint density at radius 1 is 1.13 bits per heavy atom. The normalized spacial score (nSPS) is 11.3. The molecular weight excluding hydrogens is 432 g/mol. The number of aromatic nitrogens is 2. The molecule has 0 aliphatic carbocycles. The highest BCUT2D eigenvalue weighted by molar-refractivity contribution is 7.98. The number of hydrogen-bond acceptors (Lipinski definition) is 4. The summed E-state index contributed by atoms with van der Waals surface area (Å²) in [6, 6.07) is 15.8. The van der Waals surface area contributed by atoms with Gasteiger partial charge in [0.05, 0.1) is 11.1 Å². The molecule has 0 aliphatic heterocycles. The van der Waals surface area contributed by atoms with Crippen molar-refractivity contribution in [2.24, 2.45) is 0 Å². The summed E-state index contributed by atoms with van der Waals surface area (Å²) < 4.78 is 1.73. The van der Waals surface area contributed by atoms with Gasteiger partial charge in [0.1, 0.15) is 4.83 Å². The van der Waals surface area contributed by atoms with Crippen LogP contribution in [0.4, 0.5) is 0 Å². The van der Waals surface area contributed by atoms with Crippen LogP contribution in [0.5, 0.6) is 0 Å². The zero-order valence-electron chi connectivity index (χ0n) is 17.2. The predicted molar refractivity (Wildman–Crippen MR) is 130 cm³/mol. The van der Waals surface area contributed by atoms with Crippen LogP contribution >= 0.6 is 34.7 Å². The molecule has 0 saturated carbocycles. The third-order valence-corrected chi connectivity index (χ3v) is 7.55. The first kappa shape index (κ1) is 21.2. The predicted octanol–water partition coefficient (Wildman–Crippen LogP) is 6.96. The molecule has 0 amide bonds. The van der Waals surface area contributed by atoms with Crippen molar-refractivity contribution in [1.82, 2.24) is 9.55 Å². The molecule has 2 heterocycles. The first-order valence-electron chi connectivity index (χ1n) is 9.97. The average Bonchev–Trinajstić information content (AvgIpc) is 3.03. The van der Waals surface area contributed by atoms with Crippen molar-refractivity contribution < 1.29 is 0 Å². The van der Waals surface area contributed by atoms with Crippen LogP contribution in [0.25, 0.3) is 15.9 Å². The van der Waals surface area contributed by atoms with Crippen molar-refractivity contribution in [3.63, 3.8) is 0 Å². The van der Waals surface area contributed by atoms with E-state index in [0.29, 0.717) is 10.2 Å². The molecule has 2 aromatic heterocycles. The Bertz CT molecular complexity index is 1260. The number of rotatable bonds is 6. The smallest absolute Gasteiger partial charge is 0.267 e. The van der Waals surface area contributed by atoms with E-state index in [2.05, 4.69) is 38.1 Å². The van der Waals surface area contributed by atoms with Crippen LogP contribution in [-0.2, 0) is 12.2 Å². The topological polar surface area (TPSA) is 34.9 Å². The van der Waals surface area contributed by atoms with Gasteiger partial charge in [0.2, 0.25) is 0 Å². The van der Waals surface area contributed by atoms with Crippen molar-refractivity contribution in [2.75, 3.05) is 0 Å². The maximum atomic E-state index is 13.6. The molecule has 0 unspecified atom stereocenters. The second-order valence-corrected chi connectivity index (χ2v) is 9.83. The minimum absolute atomic E-state index is 0.00910. The van der Waals surface area contributed by atoms with Crippen LogP contribution in [0.3, 0.4) is 0 Å². The summed E-state index contributed by atoms with van der Waals surface area (Å²) in [5, 5.41) is 2.09. The zero-order valence-corrected chi connectivity index (χ0v) is 19.6. The molecule has 0 spiro atoms. The number of hydrogen-bond donors (Lipinski definition) is 0. The van der Waals surface area contributed by atoms with E-state index in [0.717, 1.165) is 40.1 Å². The van der Waals surface area contributed by atoms with Gasteiger partial charge in [-0.2, -0.15) is 0 Å². The number of thioether (sulfide) groups is 1. The molecule has 2 aromatic carbocycles. The van der Waals surface area contributed by atoms with Gasteiger partial charge in [-0.1, -0.05) is 66.5 Å². The maximum absolute atomic E-state index is 13.6. The van der Waals surface area contributed by atoms with Crippen molar-refractivity contribution in [1.29, 1.82) is 0 Å². The molecule has 0 atom stereocenters. The second-order valence-electron chi connectivity index (χ2n) is 7.37. The Labute approximate surface area is 189 Å². The van der Waals surface area contributed by atoms with E-state index in [1.165, 1.54) is 16.0 Å². The van der Waals surface area contributed by atoms with Crippen LogP contribution in [0.1, 0.15) is 34.9 Å². The van der Waals surface area contributed by atoms with Crippen molar-refractivity contribution >= 4 is 44.9 Å². The minimum atomic E-state index is -0.00910. The summed E-state index contributed by atoms with van der Waals surface area (Å²) in [4.78, 5) is 20.7. The van der Waals surface area contributed by atoms with Gasteiger partial charge in [0.15, 0.2) is 5.16 Å². The van der Waals surface area contributed by atoms with Crippen LogP contribution in [-0.4, -0.2) is 9.55 Å². The highest BCUT2D eigenvalue weighted by atomic mass is 35.5. The molecule has 6 heteroatoms. The molecule has 0 bridgehead atoms. The zero-order chi connectivity index (χ0) is 21.3. The minimum Gasteiger partial charge on any atom is -0.268 e. The molecule has 154 valence electrons. The van der Waals surface area contributed by atoms with Gasteiger partial charge >= 0.3 is 0 Å². The summed E-state index contributed by atoms with van der Waals surface area (Å²) in [6.07, 6.45) is 2.02. The number of fused-ring (bicyclic) bond motifs is 1. The molecule has 0 N–H and O–H groups in total. The average molecular weight is 455 g/mol. The van der Waals surface area contributed by atoms with E-state index in [1.807, 2.05) is 31.2 Å². The second kappa shape index (κ2) is 8.96. The van der Waals surface area contributed by atoms with Gasteiger partial charge in [-0.15, -0.1) is 11.3 Å². The lowest BCUT2D eigenvalue weighted by atomic mass is 10.1. The van der Waals surface area contributed by atoms with Gasteiger partial charge in [0.25, 0.3) is 5.56 Å². The highest BCUT2D eigenvalue weighted by Crippen LogP contribution is 2.32. The monoisotopic (exact) mass is 454 g/mol. The Hall–Kier alpha value is -2.08. The first-order chi connectivity index (χ1) is 14.5. The van der Waals surface area contributed by atoms with Crippen LogP contribution in [0.2, 0.25) is 5.02 Å². The maximum Gasteiger partial charge on any atom is 0.267 e. The van der Waals surface area contributed by atoms with E-state index in [9.17, 15) is 4.79 Å². The first-order valence-corrected chi connectivity index (χ1v) is 12.1. The highest BCUT2D eigenvalue weighted by Gasteiger charge is 2.19. The van der Waals surface area contributed by atoms with E-state index in [4.69, 9.17) is 16.6 Å². The van der Waals surface area contributed by atoms with Crippen molar-refractivity contribution in [2.45, 2.75) is 44.5 Å². The SMILES string of the molecule is CCCc1sc2nc(SCc3cccc(C)c3)n(-c3ccc(Cl)cc3)c(=O)c2c1C. The van der Waals surface area contributed by atoms with E-state index < -0.39 is 0 Å². The van der Waals surface area contributed by atoms with Gasteiger partial charge < -0.3 is 0 Å². The largest absolute Gasteiger partial charge is 0.268 e. The van der Waals surface area contributed by atoms with Gasteiger partial charge in [-0.05, 0) is 55.7 Å². The summed E-state index contributed by atoms with van der Waals surface area (Å²) >= 11 is 9.33. The quantitative estimate of drug-likeness (QED) is 0.233. The number of halogens is 1. The fourth-order valence-corrected chi connectivity index (χ4v) is 5.94. The molecule has 0 aliphatic rings. The Balaban J connectivity index is 1.86. The van der Waals surface area contributed by atoms with Gasteiger partial charge in [-0.25, -0.2) is 4.98 Å². The molecule has 0 radical (unpaired) electrons. The molecule has 3 nitrogen and oxygen atoms in total. The van der Waals surface area contributed by atoms with Crippen LogP contribution < -0.4 is 5.56 Å².